The number of hydrogen-bond donors (Lipinski definition) is 2. The lowest BCUT2D eigenvalue weighted by Crippen LogP contribution is -2.48. The van der Waals surface area contributed by atoms with Crippen molar-refractivity contribution in [2.24, 2.45) is 5.73 Å². The number of anilines is 1. The average molecular weight is 465 g/mol. The second-order valence-electron chi connectivity index (χ2n) is 6.85. The van der Waals surface area contributed by atoms with Gasteiger partial charge >= 0.3 is 17.9 Å². The number of ether oxygens (including phenoxy) is 3. The molecule has 0 amide bonds. The zero-order chi connectivity index (χ0) is 21.5. The molecule has 0 saturated heterocycles. The number of allylic oxidation sites excluding steroid dienone is 1. The summed E-state index contributed by atoms with van der Waals surface area (Å²) in [6.07, 6.45) is -0.452. The van der Waals surface area contributed by atoms with Crippen LogP contribution in [0, 0.1) is 0 Å². The van der Waals surface area contributed by atoms with Gasteiger partial charge in [0.25, 0.3) is 0 Å². The van der Waals surface area contributed by atoms with Gasteiger partial charge in [-0.05, 0) is 45.9 Å². The van der Waals surface area contributed by atoms with Crippen LogP contribution in [0.1, 0.15) is 33.3 Å². The summed E-state index contributed by atoms with van der Waals surface area (Å²) in [6, 6.07) is 5.06. The highest BCUT2D eigenvalue weighted by atomic mass is 79.9. The van der Waals surface area contributed by atoms with Gasteiger partial charge in [-0.25, -0.2) is 14.4 Å². The number of carbonyl (C=O) groups is 3. The molecule has 2 heterocycles. The zero-order valence-electron chi connectivity index (χ0n) is 16.4. The smallest absolute Gasteiger partial charge is 0.339 e. The molecule has 0 unspecified atom stereocenters. The Balaban J connectivity index is 2.39. The molecular weight excluding hydrogens is 444 g/mol. The number of esters is 3. The largest absolute Gasteiger partial charge is 0.462 e. The standard InChI is InChI=1S/C20H21BrN2O6/c1-5-27-17(24)15-16(22)23-13-7-6-11(21)8-12(13)20(15)14(10(4)29-19(20)26)18(25)28-9(2)3/h6-9,23H,5,22H2,1-4H3/t20-/m1/s1. The Morgan fingerprint density at radius 2 is 1.97 bits per heavy atom. The normalized spacial score (nSPS) is 20.6. The maximum absolute atomic E-state index is 13.3. The third-order valence-electron chi connectivity index (χ3n) is 4.60. The van der Waals surface area contributed by atoms with E-state index in [9.17, 15) is 14.4 Å². The van der Waals surface area contributed by atoms with E-state index < -0.39 is 29.4 Å². The van der Waals surface area contributed by atoms with Crippen LogP contribution >= 0.6 is 15.9 Å². The first-order chi connectivity index (χ1) is 13.6. The van der Waals surface area contributed by atoms with E-state index in [1.165, 1.54) is 6.92 Å². The number of carbonyl (C=O) groups excluding carboxylic acids is 3. The number of benzene rings is 1. The number of cyclic esters (lactones) is 1. The zero-order valence-corrected chi connectivity index (χ0v) is 18.0. The van der Waals surface area contributed by atoms with Gasteiger partial charge in [-0.2, -0.15) is 0 Å². The number of nitrogens with two attached hydrogens (primary N) is 1. The van der Waals surface area contributed by atoms with Crippen molar-refractivity contribution < 1.29 is 28.6 Å². The molecule has 2 aliphatic rings. The molecule has 1 spiro atoms. The Kier molecular flexibility index (Phi) is 5.44. The lowest BCUT2D eigenvalue weighted by Gasteiger charge is -2.36. The molecule has 0 aliphatic carbocycles. The fourth-order valence-corrected chi connectivity index (χ4v) is 3.98. The minimum absolute atomic E-state index is 0.0445. The fraction of sp³-hybridized carbons (Fsp3) is 0.350. The van der Waals surface area contributed by atoms with E-state index >= 15 is 0 Å². The third kappa shape index (κ3) is 3.19. The van der Waals surface area contributed by atoms with Crippen molar-refractivity contribution in [3.63, 3.8) is 0 Å². The molecule has 3 N–H and O–H groups in total. The summed E-state index contributed by atoms with van der Waals surface area (Å²) >= 11 is 3.38. The molecule has 3 rings (SSSR count). The van der Waals surface area contributed by atoms with Crippen molar-refractivity contribution in [3.8, 4) is 0 Å². The maximum Gasteiger partial charge on any atom is 0.339 e. The molecule has 0 saturated carbocycles. The van der Waals surface area contributed by atoms with Crippen molar-refractivity contribution in [3.05, 3.63) is 51.0 Å². The van der Waals surface area contributed by atoms with Crippen LogP contribution in [0.25, 0.3) is 0 Å². The number of rotatable bonds is 4. The van der Waals surface area contributed by atoms with Crippen LogP contribution in [0.2, 0.25) is 0 Å². The highest BCUT2D eigenvalue weighted by molar-refractivity contribution is 9.10. The molecule has 8 nitrogen and oxygen atoms in total. The minimum atomic E-state index is -1.91. The molecule has 1 aromatic rings. The van der Waals surface area contributed by atoms with E-state index in [0.29, 0.717) is 15.7 Å². The quantitative estimate of drug-likeness (QED) is 0.515. The van der Waals surface area contributed by atoms with Crippen LogP contribution in [0.3, 0.4) is 0 Å². The first-order valence-corrected chi connectivity index (χ1v) is 9.82. The van der Waals surface area contributed by atoms with E-state index in [4.69, 9.17) is 19.9 Å². The highest BCUT2D eigenvalue weighted by Crippen LogP contribution is 2.53. The van der Waals surface area contributed by atoms with Crippen molar-refractivity contribution in [1.29, 1.82) is 0 Å². The average Bonchev–Trinajstić information content (AvgIpc) is 2.86. The van der Waals surface area contributed by atoms with Gasteiger partial charge in [0.15, 0.2) is 5.41 Å². The molecule has 154 valence electrons. The van der Waals surface area contributed by atoms with Gasteiger partial charge < -0.3 is 25.3 Å². The summed E-state index contributed by atoms with van der Waals surface area (Å²) in [5, 5.41) is 2.92. The van der Waals surface area contributed by atoms with Crippen molar-refractivity contribution >= 4 is 39.5 Å². The molecule has 1 atom stereocenters. The minimum Gasteiger partial charge on any atom is -0.462 e. The molecule has 9 heteroatoms. The van der Waals surface area contributed by atoms with Gasteiger partial charge in [-0.15, -0.1) is 0 Å². The molecule has 0 bridgehead atoms. The second-order valence-corrected chi connectivity index (χ2v) is 7.76. The summed E-state index contributed by atoms with van der Waals surface area (Å²) in [6.45, 7) is 6.52. The fourth-order valence-electron chi connectivity index (χ4n) is 3.62. The van der Waals surface area contributed by atoms with E-state index in [2.05, 4.69) is 21.2 Å². The first-order valence-electron chi connectivity index (χ1n) is 9.03. The van der Waals surface area contributed by atoms with Gasteiger partial charge in [0.05, 0.1) is 12.7 Å². The second kappa shape index (κ2) is 7.55. The molecule has 2 aliphatic heterocycles. The van der Waals surface area contributed by atoms with Crippen LogP contribution in [-0.4, -0.2) is 30.6 Å². The van der Waals surface area contributed by atoms with Crippen LogP contribution < -0.4 is 11.1 Å². The van der Waals surface area contributed by atoms with Gasteiger partial charge in [0, 0.05) is 15.7 Å². The van der Waals surface area contributed by atoms with Crippen molar-refractivity contribution in [1.82, 2.24) is 0 Å². The number of fused-ring (bicyclic) bond motifs is 2. The van der Waals surface area contributed by atoms with Crippen LogP contribution in [0.4, 0.5) is 5.69 Å². The summed E-state index contributed by atoms with van der Waals surface area (Å²) < 4.78 is 16.5. The van der Waals surface area contributed by atoms with Gasteiger partial charge in [-0.3, -0.25) is 0 Å². The third-order valence-corrected chi connectivity index (χ3v) is 5.10. The maximum atomic E-state index is 13.3. The lowest BCUT2D eigenvalue weighted by molar-refractivity contribution is -0.148. The van der Waals surface area contributed by atoms with Gasteiger partial charge in [0.1, 0.15) is 22.7 Å². The Morgan fingerprint density at radius 1 is 1.28 bits per heavy atom. The van der Waals surface area contributed by atoms with E-state index in [1.54, 1.807) is 39.0 Å². The summed E-state index contributed by atoms with van der Waals surface area (Å²) in [5.41, 5.74) is 4.75. The molecule has 29 heavy (non-hydrogen) atoms. The van der Waals surface area contributed by atoms with Crippen molar-refractivity contribution in [2.75, 3.05) is 11.9 Å². The van der Waals surface area contributed by atoms with Crippen molar-refractivity contribution in [2.45, 2.75) is 39.2 Å². The first kappa shape index (κ1) is 20.9. The predicted molar refractivity (Wildman–Crippen MR) is 107 cm³/mol. The van der Waals surface area contributed by atoms with Crippen LogP contribution in [0.5, 0.6) is 0 Å². The Bertz CT molecular complexity index is 981. The molecule has 0 fully saturated rings. The molecule has 0 aromatic heterocycles. The number of nitrogens with one attached hydrogen (secondary N) is 1. The Labute approximate surface area is 176 Å². The summed E-state index contributed by atoms with van der Waals surface area (Å²) in [5.74, 6) is -2.48. The van der Waals surface area contributed by atoms with E-state index in [-0.39, 0.29) is 29.3 Å². The lowest BCUT2D eigenvalue weighted by atomic mass is 9.67. The van der Waals surface area contributed by atoms with E-state index in [0.717, 1.165) is 0 Å². The molecule has 1 aromatic carbocycles. The van der Waals surface area contributed by atoms with Crippen LogP contribution in [-0.2, 0) is 34.0 Å². The summed E-state index contributed by atoms with van der Waals surface area (Å²) in [4.78, 5) is 39.3. The van der Waals surface area contributed by atoms with Gasteiger partial charge in [-0.1, -0.05) is 15.9 Å². The predicted octanol–water partition coefficient (Wildman–Crippen LogP) is 2.63. The Morgan fingerprint density at radius 3 is 2.59 bits per heavy atom. The summed E-state index contributed by atoms with van der Waals surface area (Å²) in [7, 11) is 0. The topological polar surface area (TPSA) is 117 Å². The van der Waals surface area contributed by atoms with Crippen LogP contribution in [0.15, 0.2) is 45.4 Å². The highest BCUT2D eigenvalue weighted by Gasteiger charge is 2.63. The van der Waals surface area contributed by atoms with E-state index in [1.807, 2.05) is 0 Å². The SMILES string of the molecule is CCOC(=O)C1=C(N)Nc2ccc(Br)cc2[C@]12C(=O)OC(C)=C2C(=O)OC(C)C. The van der Waals surface area contributed by atoms with Gasteiger partial charge in [0.2, 0.25) is 0 Å². The number of halogens is 1. The molecule has 0 radical (unpaired) electrons. The number of hydrogen-bond acceptors (Lipinski definition) is 8. The molecular formula is C20H21BrN2O6. The monoisotopic (exact) mass is 464 g/mol. The Hall–Kier alpha value is -2.81.